The summed E-state index contributed by atoms with van der Waals surface area (Å²) in [5.74, 6) is 2.12. The Bertz CT molecular complexity index is 763. The van der Waals surface area contributed by atoms with E-state index in [2.05, 4.69) is 5.32 Å². The molecule has 2 aromatic carbocycles. The van der Waals surface area contributed by atoms with Gasteiger partial charge in [-0.25, -0.2) is 0 Å². The van der Waals surface area contributed by atoms with Crippen LogP contribution in [0.4, 0.5) is 5.69 Å². The van der Waals surface area contributed by atoms with Gasteiger partial charge in [-0.1, -0.05) is 12.1 Å². The Balaban J connectivity index is 1.63. The summed E-state index contributed by atoms with van der Waals surface area (Å²) in [7, 11) is 3.59. The number of methoxy groups -OCH3 is 1. The molecule has 1 aliphatic rings. The van der Waals surface area contributed by atoms with E-state index in [1.807, 2.05) is 56.4 Å². The molecule has 0 saturated heterocycles. The normalized spacial score (nSPS) is 14.7. The van der Waals surface area contributed by atoms with E-state index < -0.39 is 0 Å². The van der Waals surface area contributed by atoms with Crippen LogP contribution >= 0.6 is 0 Å². The Morgan fingerprint density at radius 1 is 1.24 bits per heavy atom. The molecule has 132 valence electrons. The highest BCUT2D eigenvalue weighted by Gasteiger charge is 2.24. The summed E-state index contributed by atoms with van der Waals surface area (Å²) >= 11 is 0. The van der Waals surface area contributed by atoms with Gasteiger partial charge in [-0.05, 0) is 37.3 Å². The average molecular weight is 343 g/mol. The number of carbonyl (C=O) groups excluding carboxylic acids is 1. The number of hydrogen-bond donors (Lipinski definition) is 2. The minimum Gasteiger partial charge on any atom is -0.495 e. The fourth-order valence-corrected chi connectivity index (χ4v) is 2.74. The van der Waals surface area contributed by atoms with Crippen molar-refractivity contribution in [1.82, 2.24) is 0 Å². The number of anilines is 1. The van der Waals surface area contributed by atoms with Crippen LogP contribution in [0.2, 0.25) is 0 Å². The molecular weight excluding hydrogens is 320 g/mol. The number of rotatable bonds is 6. The van der Waals surface area contributed by atoms with Gasteiger partial charge in [0.15, 0.2) is 17.5 Å². The molecule has 3 rings (SSSR count). The number of para-hydroxylation sites is 2. The molecule has 6 nitrogen and oxygen atoms in total. The lowest BCUT2D eigenvalue weighted by atomic mass is 10.1. The Kier molecular flexibility index (Phi) is 5.09. The van der Waals surface area contributed by atoms with Crippen molar-refractivity contribution in [3.05, 3.63) is 48.0 Å². The molecule has 6 heteroatoms. The Hall–Kier alpha value is -2.73. The van der Waals surface area contributed by atoms with Crippen LogP contribution < -0.4 is 24.4 Å². The van der Waals surface area contributed by atoms with Crippen LogP contribution in [-0.4, -0.2) is 32.9 Å². The molecule has 1 amide bonds. The third-order valence-corrected chi connectivity index (χ3v) is 4.42. The average Bonchev–Trinajstić information content (AvgIpc) is 3.09. The number of quaternary nitrogens is 1. The first-order chi connectivity index (χ1) is 12.1. The number of carbonyl (C=O) groups is 1. The third-order valence-electron chi connectivity index (χ3n) is 4.42. The molecule has 0 fully saturated rings. The fraction of sp³-hybridized carbons (Fsp3) is 0.316. The zero-order valence-electron chi connectivity index (χ0n) is 14.7. The molecular formula is C19H23N2O4+. The lowest BCUT2D eigenvalue weighted by molar-refractivity contribution is -0.907. The summed E-state index contributed by atoms with van der Waals surface area (Å²) in [6.07, 6.45) is 0. The van der Waals surface area contributed by atoms with Crippen molar-refractivity contribution in [3.63, 3.8) is 0 Å². The zero-order valence-corrected chi connectivity index (χ0v) is 14.7. The number of nitrogens with one attached hydrogen (secondary N) is 2. The van der Waals surface area contributed by atoms with Gasteiger partial charge in [-0.3, -0.25) is 4.79 Å². The molecule has 0 aromatic heterocycles. The second-order valence-electron chi connectivity index (χ2n) is 6.12. The predicted octanol–water partition coefficient (Wildman–Crippen LogP) is 1.47. The number of amides is 1. The van der Waals surface area contributed by atoms with Crippen LogP contribution in [0.5, 0.6) is 17.2 Å². The van der Waals surface area contributed by atoms with E-state index in [0.717, 1.165) is 22.0 Å². The minimum atomic E-state index is -0.227. The second kappa shape index (κ2) is 7.44. The van der Waals surface area contributed by atoms with Crippen molar-refractivity contribution in [2.24, 2.45) is 0 Å². The number of ether oxygens (including phenoxy) is 3. The molecule has 1 aliphatic heterocycles. The van der Waals surface area contributed by atoms with Gasteiger partial charge in [0.25, 0.3) is 5.91 Å². The molecule has 0 radical (unpaired) electrons. The van der Waals surface area contributed by atoms with Gasteiger partial charge in [-0.2, -0.15) is 0 Å². The van der Waals surface area contributed by atoms with Gasteiger partial charge >= 0.3 is 0 Å². The zero-order chi connectivity index (χ0) is 17.8. The lowest BCUT2D eigenvalue weighted by Gasteiger charge is -2.21. The molecule has 0 bridgehead atoms. The van der Waals surface area contributed by atoms with E-state index in [1.54, 1.807) is 7.11 Å². The highest BCUT2D eigenvalue weighted by molar-refractivity contribution is 5.94. The number of fused-ring (bicyclic) bond motifs is 1. The van der Waals surface area contributed by atoms with Crippen molar-refractivity contribution in [3.8, 4) is 17.2 Å². The molecule has 0 spiro atoms. The van der Waals surface area contributed by atoms with Gasteiger partial charge in [0.1, 0.15) is 12.3 Å². The van der Waals surface area contributed by atoms with Crippen molar-refractivity contribution in [2.75, 3.05) is 26.3 Å². The minimum absolute atomic E-state index is 0.0530. The van der Waals surface area contributed by atoms with Crippen molar-refractivity contribution in [2.45, 2.75) is 19.5 Å². The van der Waals surface area contributed by atoms with E-state index in [4.69, 9.17) is 14.2 Å². The maximum atomic E-state index is 12.6. The van der Waals surface area contributed by atoms with E-state index in [-0.39, 0.29) is 18.7 Å². The van der Waals surface area contributed by atoms with Crippen molar-refractivity contribution >= 4 is 11.6 Å². The maximum absolute atomic E-state index is 12.6. The quantitative estimate of drug-likeness (QED) is 0.834. The Labute approximate surface area is 147 Å². The summed E-state index contributed by atoms with van der Waals surface area (Å²) in [5, 5.41) is 2.94. The van der Waals surface area contributed by atoms with Gasteiger partial charge in [0.2, 0.25) is 6.79 Å². The van der Waals surface area contributed by atoms with Crippen LogP contribution in [0.25, 0.3) is 0 Å². The molecule has 25 heavy (non-hydrogen) atoms. The smallest absolute Gasteiger partial charge is 0.282 e. The summed E-state index contributed by atoms with van der Waals surface area (Å²) in [5.41, 5.74) is 1.77. The maximum Gasteiger partial charge on any atom is 0.282 e. The molecule has 2 atom stereocenters. The lowest BCUT2D eigenvalue weighted by Crippen LogP contribution is -3.12. The van der Waals surface area contributed by atoms with Gasteiger partial charge < -0.3 is 24.4 Å². The summed E-state index contributed by atoms with van der Waals surface area (Å²) in [6, 6.07) is 13.0. The van der Waals surface area contributed by atoms with Crippen LogP contribution in [0.15, 0.2) is 42.5 Å². The van der Waals surface area contributed by atoms with Gasteiger partial charge in [0, 0.05) is 5.56 Å². The molecule has 0 aliphatic carbocycles. The second-order valence-corrected chi connectivity index (χ2v) is 6.12. The van der Waals surface area contributed by atoms with Gasteiger partial charge in [-0.15, -0.1) is 0 Å². The molecule has 2 aromatic rings. The standard InChI is InChI=1S/C19H22N2O4/c1-13(19(22)20-15-6-4-5-7-16(15)23-3)21(2)11-14-8-9-17-18(10-14)25-12-24-17/h4-10,13H,11-12H2,1-3H3,(H,20,22)/p+1/t13-/m0/s1. The number of likely N-dealkylation sites (N-methyl/N-ethyl adjacent to an activating group) is 1. The van der Waals surface area contributed by atoms with E-state index >= 15 is 0 Å². The number of benzene rings is 2. The molecule has 1 heterocycles. The summed E-state index contributed by atoms with van der Waals surface area (Å²) < 4.78 is 16.0. The topological polar surface area (TPSA) is 61.2 Å². The largest absolute Gasteiger partial charge is 0.495 e. The first-order valence-corrected chi connectivity index (χ1v) is 8.23. The van der Waals surface area contributed by atoms with E-state index in [0.29, 0.717) is 18.0 Å². The van der Waals surface area contributed by atoms with Crippen LogP contribution in [0, 0.1) is 0 Å². The third kappa shape index (κ3) is 3.85. The Morgan fingerprint density at radius 2 is 2.00 bits per heavy atom. The van der Waals surface area contributed by atoms with Crippen LogP contribution in [0.3, 0.4) is 0 Å². The van der Waals surface area contributed by atoms with Gasteiger partial charge in [0.05, 0.1) is 19.8 Å². The fourth-order valence-electron chi connectivity index (χ4n) is 2.74. The van der Waals surface area contributed by atoms with E-state index in [9.17, 15) is 4.79 Å². The number of hydrogen-bond acceptors (Lipinski definition) is 4. The van der Waals surface area contributed by atoms with Crippen LogP contribution in [0.1, 0.15) is 12.5 Å². The first-order valence-electron chi connectivity index (χ1n) is 8.23. The highest BCUT2D eigenvalue weighted by atomic mass is 16.7. The SMILES string of the molecule is COc1ccccc1NC(=O)[C@H](C)[NH+](C)Cc1ccc2c(c1)OCO2. The Morgan fingerprint density at radius 3 is 2.80 bits per heavy atom. The highest BCUT2D eigenvalue weighted by Crippen LogP contribution is 2.32. The van der Waals surface area contributed by atoms with Crippen molar-refractivity contribution < 1.29 is 23.9 Å². The molecule has 0 saturated carbocycles. The predicted molar refractivity (Wildman–Crippen MR) is 94.2 cm³/mol. The van der Waals surface area contributed by atoms with Crippen LogP contribution in [-0.2, 0) is 11.3 Å². The molecule has 1 unspecified atom stereocenters. The van der Waals surface area contributed by atoms with Crippen molar-refractivity contribution in [1.29, 1.82) is 0 Å². The monoisotopic (exact) mass is 343 g/mol. The van der Waals surface area contributed by atoms with E-state index in [1.165, 1.54) is 0 Å². The summed E-state index contributed by atoms with van der Waals surface area (Å²) in [4.78, 5) is 13.6. The first kappa shape index (κ1) is 17.1. The molecule has 2 N–H and O–H groups in total. The summed E-state index contributed by atoms with van der Waals surface area (Å²) in [6.45, 7) is 2.88.